The molecule has 128 valence electrons. The normalized spacial score (nSPS) is 27.3. The second-order valence-corrected chi connectivity index (χ2v) is 5.21. The van der Waals surface area contributed by atoms with Crippen LogP contribution in [0.15, 0.2) is 42.5 Å². The van der Waals surface area contributed by atoms with Gasteiger partial charge in [-0.15, -0.1) is 0 Å². The molecular weight excluding hydrogens is 300 g/mol. The number of aliphatic hydroxyl groups is 1. The predicted molar refractivity (Wildman–Crippen MR) is 83.7 cm³/mol. The van der Waals surface area contributed by atoms with E-state index in [0.29, 0.717) is 6.61 Å². The van der Waals surface area contributed by atoms with E-state index in [0.717, 1.165) is 5.56 Å². The summed E-state index contributed by atoms with van der Waals surface area (Å²) in [5.74, 6) is 0. The van der Waals surface area contributed by atoms with Gasteiger partial charge in [-0.1, -0.05) is 42.5 Å². The Kier molecular flexibility index (Phi) is 7.67. The predicted octanol–water partition coefficient (Wildman–Crippen LogP) is 1.48. The Bertz CT molecular complexity index is 463. The second-order valence-electron chi connectivity index (χ2n) is 5.21. The zero-order valence-corrected chi connectivity index (χ0v) is 13.5. The van der Waals surface area contributed by atoms with E-state index in [4.69, 9.17) is 23.7 Å². The van der Waals surface area contributed by atoms with Crippen LogP contribution in [-0.4, -0.2) is 57.3 Å². The number of ether oxygens (including phenoxy) is 5. The van der Waals surface area contributed by atoms with Gasteiger partial charge in [0.25, 0.3) is 0 Å². The minimum absolute atomic E-state index is 0.0633. The summed E-state index contributed by atoms with van der Waals surface area (Å²) in [7, 11) is 3.07. The van der Waals surface area contributed by atoms with Crippen LogP contribution >= 0.6 is 0 Å². The molecule has 23 heavy (non-hydrogen) atoms. The lowest BCUT2D eigenvalue weighted by atomic mass is 9.95. The Morgan fingerprint density at radius 1 is 0.870 bits per heavy atom. The van der Waals surface area contributed by atoms with Crippen LogP contribution in [0.3, 0.4) is 0 Å². The van der Waals surface area contributed by atoms with Crippen LogP contribution in [0.4, 0.5) is 0 Å². The third-order valence-corrected chi connectivity index (χ3v) is 3.52. The molecule has 0 saturated heterocycles. The highest BCUT2D eigenvalue weighted by Gasteiger charge is 2.38. The zero-order valence-electron chi connectivity index (χ0n) is 13.5. The van der Waals surface area contributed by atoms with Crippen molar-refractivity contribution in [2.45, 2.75) is 31.0 Å². The van der Waals surface area contributed by atoms with Gasteiger partial charge in [0, 0.05) is 14.2 Å². The van der Waals surface area contributed by atoms with Crippen molar-refractivity contribution in [2.24, 2.45) is 0 Å². The van der Waals surface area contributed by atoms with Crippen LogP contribution in [0.1, 0.15) is 5.56 Å². The molecule has 0 bridgehead atoms. The first-order chi connectivity index (χ1) is 11.3. The Hall–Kier alpha value is -1.28. The minimum atomic E-state index is -0.788. The SMILES string of the molecule is COCO[C@H]1[C@H](OCOC)[C@@H](O)C=C[C@@H]1OCc1ccccc1. The van der Waals surface area contributed by atoms with Crippen molar-refractivity contribution >= 4 is 0 Å². The molecule has 1 aromatic rings. The van der Waals surface area contributed by atoms with E-state index in [2.05, 4.69) is 0 Å². The highest BCUT2D eigenvalue weighted by molar-refractivity contribution is 5.14. The maximum Gasteiger partial charge on any atom is 0.146 e. The Morgan fingerprint density at radius 3 is 2.17 bits per heavy atom. The topological polar surface area (TPSA) is 66.4 Å². The van der Waals surface area contributed by atoms with Gasteiger partial charge in [-0.05, 0) is 5.56 Å². The van der Waals surface area contributed by atoms with Crippen LogP contribution in [0.25, 0.3) is 0 Å². The molecule has 1 aliphatic rings. The average molecular weight is 324 g/mol. The van der Waals surface area contributed by atoms with Crippen LogP contribution < -0.4 is 0 Å². The highest BCUT2D eigenvalue weighted by Crippen LogP contribution is 2.23. The van der Waals surface area contributed by atoms with Crippen molar-refractivity contribution in [2.75, 3.05) is 27.8 Å². The first-order valence-electron chi connectivity index (χ1n) is 7.49. The molecule has 0 saturated carbocycles. The lowest BCUT2D eigenvalue weighted by molar-refractivity contribution is -0.208. The lowest BCUT2D eigenvalue weighted by Crippen LogP contribution is -2.50. The number of benzene rings is 1. The van der Waals surface area contributed by atoms with E-state index in [1.807, 2.05) is 30.3 Å². The Balaban J connectivity index is 2.03. The van der Waals surface area contributed by atoms with Gasteiger partial charge >= 0.3 is 0 Å². The van der Waals surface area contributed by atoms with Crippen LogP contribution in [0, 0.1) is 0 Å². The van der Waals surface area contributed by atoms with Gasteiger partial charge in [-0.2, -0.15) is 0 Å². The first kappa shape index (κ1) is 18.1. The van der Waals surface area contributed by atoms with Crippen molar-refractivity contribution < 1.29 is 28.8 Å². The number of hydrogen-bond acceptors (Lipinski definition) is 6. The van der Waals surface area contributed by atoms with Crippen LogP contribution in [0.2, 0.25) is 0 Å². The van der Waals surface area contributed by atoms with Gasteiger partial charge in [-0.25, -0.2) is 0 Å². The molecule has 0 unspecified atom stereocenters. The fraction of sp³-hybridized carbons (Fsp3) is 0.529. The van der Waals surface area contributed by atoms with Gasteiger partial charge in [-0.3, -0.25) is 0 Å². The molecule has 0 heterocycles. The molecule has 6 heteroatoms. The molecule has 2 rings (SSSR count). The smallest absolute Gasteiger partial charge is 0.146 e. The summed E-state index contributed by atoms with van der Waals surface area (Å²) in [6, 6.07) is 9.86. The number of aliphatic hydroxyl groups excluding tert-OH is 1. The van der Waals surface area contributed by atoms with E-state index in [1.165, 1.54) is 7.11 Å². The Labute approximate surface area is 136 Å². The molecule has 0 aliphatic heterocycles. The van der Waals surface area contributed by atoms with Crippen molar-refractivity contribution in [3.63, 3.8) is 0 Å². The molecule has 0 amide bonds. The van der Waals surface area contributed by atoms with Crippen LogP contribution in [0.5, 0.6) is 0 Å². The summed E-state index contributed by atoms with van der Waals surface area (Å²) in [5, 5.41) is 10.1. The third-order valence-electron chi connectivity index (χ3n) is 3.52. The maximum atomic E-state index is 10.1. The van der Waals surface area contributed by atoms with Gasteiger partial charge in [0.1, 0.15) is 38.0 Å². The molecule has 1 N–H and O–H groups in total. The molecule has 0 aromatic heterocycles. The highest BCUT2D eigenvalue weighted by atomic mass is 16.7. The Morgan fingerprint density at radius 2 is 1.52 bits per heavy atom. The van der Waals surface area contributed by atoms with Crippen molar-refractivity contribution in [3.8, 4) is 0 Å². The fourth-order valence-corrected chi connectivity index (χ4v) is 2.42. The van der Waals surface area contributed by atoms with Crippen molar-refractivity contribution in [1.82, 2.24) is 0 Å². The van der Waals surface area contributed by atoms with Gasteiger partial charge < -0.3 is 28.8 Å². The molecule has 4 atom stereocenters. The van der Waals surface area contributed by atoms with Crippen LogP contribution in [-0.2, 0) is 30.3 Å². The number of hydrogen-bond donors (Lipinski definition) is 1. The van der Waals surface area contributed by atoms with Gasteiger partial charge in [0.05, 0.1) is 6.61 Å². The molecule has 6 nitrogen and oxygen atoms in total. The number of rotatable bonds is 9. The average Bonchev–Trinajstić information content (AvgIpc) is 2.59. The summed E-state index contributed by atoms with van der Waals surface area (Å²) < 4.78 is 27.1. The number of methoxy groups -OCH3 is 2. The van der Waals surface area contributed by atoms with E-state index < -0.39 is 18.3 Å². The maximum absolute atomic E-state index is 10.1. The zero-order chi connectivity index (χ0) is 16.5. The van der Waals surface area contributed by atoms with E-state index in [1.54, 1.807) is 19.3 Å². The van der Waals surface area contributed by atoms with E-state index in [-0.39, 0.29) is 19.7 Å². The molecule has 1 aliphatic carbocycles. The fourth-order valence-electron chi connectivity index (χ4n) is 2.42. The van der Waals surface area contributed by atoms with Crippen molar-refractivity contribution in [1.29, 1.82) is 0 Å². The van der Waals surface area contributed by atoms with E-state index >= 15 is 0 Å². The monoisotopic (exact) mass is 324 g/mol. The third kappa shape index (κ3) is 5.39. The largest absolute Gasteiger partial charge is 0.386 e. The minimum Gasteiger partial charge on any atom is -0.386 e. The summed E-state index contributed by atoms with van der Waals surface area (Å²) in [5.41, 5.74) is 1.06. The summed E-state index contributed by atoms with van der Waals surface area (Å²) in [6.45, 7) is 0.590. The van der Waals surface area contributed by atoms with Gasteiger partial charge in [0.15, 0.2) is 0 Å². The summed E-state index contributed by atoms with van der Waals surface area (Å²) in [4.78, 5) is 0. The van der Waals surface area contributed by atoms with Crippen molar-refractivity contribution in [3.05, 3.63) is 48.0 Å². The quantitative estimate of drug-likeness (QED) is 0.548. The molecule has 0 fully saturated rings. The molecule has 0 spiro atoms. The van der Waals surface area contributed by atoms with E-state index in [9.17, 15) is 5.11 Å². The first-order valence-corrected chi connectivity index (χ1v) is 7.49. The molecular formula is C17H24O6. The molecule has 0 radical (unpaired) electrons. The lowest BCUT2D eigenvalue weighted by Gasteiger charge is -2.36. The van der Waals surface area contributed by atoms with Gasteiger partial charge in [0.2, 0.25) is 0 Å². The summed E-state index contributed by atoms with van der Waals surface area (Å²) in [6.07, 6.45) is 1.23. The standard InChI is InChI=1S/C17H24O6/c1-19-11-22-16-14(18)8-9-15(17(16)23-12-20-2)21-10-13-6-4-3-5-7-13/h3-9,14-18H,10-12H2,1-2H3/t14-,15-,16+,17+/m0/s1. The second kappa shape index (κ2) is 9.77. The summed E-state index contributed by atoms with van der Waals surface area (Å²) >= 11 is 0. The molecule has 1 aromatic carbocycles.